The normalized spacial score (nSPS) is 10.7. The van der Waals surface area contributed by atoms with Crippen LogP contribution in [0.2, 0.25) is 0 Å². The topological polar surface area (TPSA) is 38.3 Å². The molecule has 1 rings (SSSR count). The monoisotopic (exact) mass is 249 g/mol. The first-order valence-corrected chi connectivity index (χ1v) is 6.52. The minimum absolute atomic E-state index is 0.0149. The molecule has 0 fully saturated rings. The molecule has 100 valence electrons. The van der Waals surface area contributed by atoms with Gasteiger partial charge in [-0.05, 0) is 31.4 Å². The lowest BCUT2D eigenvalue weighted by atomic mass is 10.1. The summed E-state index contributed by atoms with van der Waals surface area (Å²) in [6.07, 6.45) is 0.852. The van der Waals surface area contributed by atoms with Gasteiger partial charge in [0.25, 0.3) is 5.91 Å². The van der Waals surface area contributed by atoms with Crippen molar-refractivity contribution in [1.82, 2.24) is 5.32 Å². The van der Waals surface area contributed by atoms with Crippen LogP contribution in [0.1, 0.15) is 36.2 Å². The summed E-state index contributed by atoms with van der Waals surface area (Å²) in [5.74, 6) is 0.547. The summed E-state index contributed by atoms with van der Waals surface area (Å²) < 4.78 is 5.45. The Bertz CT molecular complexity index is 357. The lowest BCUT2D eigenvalue weighted by Crippen LogP contribution is -2.25. The zero-order chi connectivity index (χ0) is 13.4. The van der Waals surface area contributed by atoms with Gasteiger partial charge in [-0.3, -0.25) is 4.79 Å². The second-order valence-corrected chi connectivity index (χ2v) is 4.94. The SMILES string of the molecule is Cc1ccc(C(=O)NCCCOCC(C)C)cc1. The molecule has 3 heteroatoms. The van der Waals surface area contributed by atoms with E-state index in [1.54, 1.807) is 0 Å². The van der Waals surface area contributed by atoms with Crippen LogP contribution in [0.4, 0.5) is 0 Å². The van der Waals surface area contributed by atoms with Gasteiger partial charge < -0.3 is 10.1 Å². The van der Waals surface area contributed by atoms with Crippen molar-refractivity contribution in [2.45, 2.75) is 27.2 Å². The van der Waals surface area contributed by atoms with Gasteiger partial charge in [0.1, 0.15) is 0 Å². The highest BCUT2D eigenvalue weighted by Crippen LogP contribution is 2.02. The summed E-state index contributed by atoms with van der Waals surface area (Å²) in [6, 6.07) is 7.58. The van der Waals surface area contributed by atoms with E-state index in [4.69, 9.17) is 4.74 Å². The highest BCUT2D eigenvalue weighted by atomic mass is 16.5. The van der Waals surface area contributed by atoms with Crippen LogP contribution in [0.5, 0.6) is 0 Å². The molecule has 0 saturated heterocycles. The van der Waals surface area contributed by atoms with Crippen LogP contribution in [-0.2, 0) is 4.74 Å². The maximum Gasteiger partial charge on any atom is 0.251 e. The average Bonchev–Trinajstić information content (AvgIpc) is 2.34. The molecular formula is C15H23NO2. The number of aryl methyl sites for hydroxylation is 1. The van der Waals surface area contributed by atoms with Crippen LogP contribution in [0.15, 0.2) is 24.3 Å². The molecule has 0 aromatic heterocycles. The maximum atomic E-state index is 11.7. The van der Waals surface area contributed by atoms with Crippen LogP contribution in [-0.4, -0.2) is 25.7 Å². The Morgan fingerprint density at radius 1 is 1.28 bits per heavy atom. The smallest absolute Gasteiger partial charge is 0.251 e. The lowest BCUT2D eigenvalue weighted by molar-refractivity contribution is 0.0925. The molecule has 1 aromatic rings. The summed E-state index contributed by atoms with van der Waals surface area (Å²) in [4.78, 5) is 11.7. The van der Waals surface area contributed by atoms with Gasteiger partial charge in [-0.25, -0.2) is 0 Å². The number of ether oxygens (including phenoxy) is 1. The minimum Gasteiger partial charge on any atom is -0.381 e. The molecule has 0 saturated carbocycles. The Morgan fingerprint density at radius 3 is 2.56 bits per heavy atom. The number of carbonyl (C=O) groups is 1. The number of hydrogen-bond acceptors (Lipinski definition) is 2. The van der Waals surface area contributed by atoms with E-state index in [0.717, 1.165) is 18.6 Å². The first-order valence-electron chi connectivity index (χ1n) is 6.52. The van der Waals surface area contributed by atoms with Crippen LogP contribution in [0.25, 0.3) is 0 Å². The van der Waals surface area contributed by atoms with E-state index in [1.165, 1.54) is 0 Å². The van der Waals surface area contributed by atoms with Gasteiger partial charge in [-0.2, -0.15) is 0 Å². The number of rotatable bonds is 7. The molecule has 0 unspecified atom stereocenters. The third-order valence-corrected chi connectivity index (χ3v) is 2.52. The van der Waals surface area contributed by atoms with Crippen LogP contribution in [0, 0.1) is 12.8 Å². The van der Waals surface area contributed by atoms with Crippen molar-refractivity contribution in [1.29, 1.82) is 0 Å². The van der Waals surface area contributed by atoms with Gasteiger partial charge in [0, 0.05) is 25.3 Å². The highest BCUT2D eigenvalue weighted by Gasteiger charge is 2.03. The summed E-state index contributed by atoms with van der Waals surface area (Å²) in [7, 11) is 0. The number of benzene rings is 1. The summed E-state index contributed by atoms with van der Waals surface area (Å²) in [5, 5.41) is 2.89. The van der Waals surface area contributed by atoms with E-state index in [9.17, 15) is 4.79 Å². The van der Waals surface area contributed by atoms with Crippen molar-refractivity contribution >= 4 is 5.91 Å². The molecule has 1 aromatic carbocycles. The molecule has 0 bridgehead atoms. The molecule has 0 atom stereocenters. The van der Waals surface area contributed by atoms with Crippen molar-refractivity contribution in [2.24, 2.45) is 5.92 Å². The lowest BCUT2D eigenvalue weighted by Gasteiger charge is -2.08. The van der Waals surface area contributed by atoms with Gasteiger partial charge in [-0.15, -0.1) is 0 Å². The summed E-state index contributed by atoms with van der Waals surface area (Å²) >= 11 is 0. The molecule has 0 radical (unpaired) electrons. The minimum atomic E-state index is -0.0149. The van der Waals surface area contributed by atoms with Gasteiger partial charge in [0.2, 0.25) is 0 Å². The van der Waals surface area contributed by atoms with Crippen molar-refractivity contribution in [3.05, 3.63) is 35.4 Å². The predicted octanol–water partition coefficient (Wildman–Crippen LogP) is 2.79. The Balaban J connectivity index is 2.16. The molecule has 0 aliphatic heterocycles. The molecule has 3 nitrogen and oxygen atoms in total. The number of carbonyl (C=O) groups excluding carboxylic acids is 1. The van der Waals surface area contributed by atoms with Gasteiger partial charge >= 0.3 is 0 Å². The molecule has 0 aliphatic carbocycles. The molecule has 0 aliphatic rings. The van der Waals surface area contributed by atoms with Crippen LogP contribution < -0.4 is 5.32 Å². The molecule has 1 N–H and O–H groups in total. The summed E-state index contributed by atoms with van der Waals surface area (Å²) in [5.41, 5.74) is 1.87. The van der Waals surface area contributed by atoms with Crippen molar-refractivity contribution in [2.75, 3.05) is 19.8 Å². The van der Waals surface area contributed by atoms with Gasteiger partial charge in [-0.1, -0.05) is 31.5 Å². The fourth-order valence-electron chi connectivity index (χ4n) is 1.50. The van der Waals surface area contributed by atoms with E-state index >= 15 is 0 Å². The third-order valence-electron chi connectivity index (χ3n) is 2.52. The Hall–Kier alpha value is -1.35. The van der Waals surface area contributed by atoms with E-state index in [2.05, 4.69) is 19.2 Å². The van der Waals surface area contributed by atoms with Crippen molar-refractivity contribution in [3.8, 4) is 0 Å². The zero-order valence-corrected chi connectivity index (χ0v) is 11.5. The van der Waals surface area contributed by atoms with E-state index in [1.807, 2.05) is 31.2 Å². The highest BCUT2D eigenvalue weighted by molar-refractivity contribution is 5.94. The third kappa shape index (κ3) is 5.82. The second kappa shape index (κ2) is 7.88. The fraction of sp³-hybridized carbons (Fsp3) is 0.533. The predicted molar refractivity (Wildman–Crippen MR) is 73.8 cm³/mol. The number of amides is 1. The van der Waals surface area contributed by atoms with Crippen LogP contribution in [0.3, 0.4) is 0 Å². The molecule has 0 heterocycles. The quantitative estimate of drug-likeness (QED) is 0.755. The largest absolute Gasteiger partial charge is 0.381 e. The molecule has 18 heavy (non-hydrogen) atoms. The first-order chi connectivity index (χ1) is 8.59. The first kappa shape index (κ1) is 14.7. The fourth-order valence-corrected chi connectivity index (χ4v) is 1.50. The second-order valence-electron chi connectivity index (χ2n) is 4.94. The molecular weight excluding hydrogens is 226 g/mol. The Morgan fingerprint density at radius 2 is 1.94 bits per heavy atom. The van der Waals surface area contributed by atoms with Crippen molar-refractivity contribution < 1.29 is 9.53 Å². The number of hydrogen-bond donors (Lipinski definition) is 1. The zero-order valence-electron chi connectivity index (χ0n) is 11.5. The van der Waals surface area contributed by atoms with Gasteiger partial charge in [0.05, 0.1) is 0 Å². The molecule has 1 amide bonds. The van der Waals surface area contributed by atoms with Gasteiger partial charge in [0.15, 0.2) is 0 Å². The van der Waals surface area contributed by atoms with Crippen molar-refractivity contribution in [3.63, 3.8) is 0 Å². The van der Waals surface area contributed by atoms with E-state index in [-0.39, 0.29) is 5.91 Å². The number of nitrogens with one attached hydrogen (secondary N) is 1. The standard InChI is InChI=1S/C15H23NO2/c1-12(2)11-18-10-4-9-16-15(17)14-7-5-13(3)6-8-14/h5-8,12H,4,9-11H2,1-3H3,(H,16,17). The van der Waals surface area contributed by atoms with E-state index < -0.39 is 0 Å². The molecule has 0 spiro atoms. The van der Waals surface area contributed by atoms with E-state index in [0.29, 0.717) is 24.6 Å². The van der Waals surface area contributed by atoms with Crippen LogP contribution >= 0.6 is 0 Å². The maximum absolute atomic E-state index is 11.7. The average molecular weight is 249 g/mol. The summed E-state index contributed by atoms with van der Waals surface area (Å²) in [6.45, 7) is 8.40. The Labute approximate surface area is 110 Å². The Kier molecular flexibility index (Phi) is 6.44.